The van der Waals surface area contributed by atoms with E-state index in [9.17, 15) is 27.6 Å². The van der Waals surface area contributed by atoms with E-state index in [1.807, 2.05) is 30.3 Å². The zero-order chi connectivity index (χ0) is 30.5. The molecule has 0 spiro atoms. The van der Waals surface area contributed by atoms with Crippen molar-refractivity contribution in [3.63, 3.8) is 0 Å². The zero-order valence-electron chi connectivity index (χ0n) is 24.4. The Balaban J connectivity index is 1.42. The highest BCUT2D eigenvalue weighted by Gasteiger charge is 2.38. The fourth-order valence-corrected chi connectivity index (χ4v) is 5.88. The Morgan fingerprint density at radius 2 is 1.79 bits per heavy atom. The quantitative estimate of drug-likeness (QED) is 0.181. The van der Waals surface area contributed by atoms with Gasteiger partial charge in [0.1, 0.15) is 18.8 Å². The van der Waals surface area contributed by atoms with E-state index in [0.29, 0.717) is 39.0 Å². The summed E-state index contributed by atoms with van der Waals surface area (Å²) in [4.78, 5) is 52.7. The van der Waals surface area contributed by atoms with Gasteiger partial charge in [-0.2, -0.15) is 5.11 Å². The van der Waals surface area contributed by atoms with Crippen LogP contribution in [-0.4, -0.2) is 99.7 Å². The van der Waals surface area contributed by atoms with E-state index in [1.54, 1.807) is 0 Å². The number of carbonyl (C=O) groups excluding carboxylic acids is 4. The lowest BCUT2D eigenvalue weighted by molar-refractivity contribution is -0.141. The van der Waals surface area contributed by atoms with Gasteiger partial charge in [0.05, 0.1) is 12.9 Å². The van der Waals surface area contributed by atoms with E-state index < -0.39 is 28.0 Å². The van der Waals surface area contributed by atoms with Crippen LogP contribution in [0.1, 0.15) is 51.0 Å². The number of likely N-dealkylation sites (tertiary alicyclic amines) is 2. The molecule has 0 radical (unpaired) electrons. The van der Waals surface area contributed by atoms with Gasteiger partial charge in [0.25, 0.3) is 5.91 Å². The smallest absolute Gasteiger partial charge is 0.302 e. The van der Waals surface area contributed by atoms with Gasteiger partial charge in [-0.3, -0.25) is 24.1 Å². The van der Waals surface area contributed by atoms with Crippen LogP contribution >= 0.6 is 0 Å². The minimum Gasteiger partial charge on any atom is -0.466 e. The summed E-state index contributed by atoms with van der Waals surface area (Å²) in [7, 11) is -3.65. The molecule has 13 nitrogen and oxygen atoms in total. The number of amides is 3. The number of nitrogens with zero attached hydrogens (tertiary/aromatic N) is 4. The highest BCUT2D eigenvalue weighted by atomic mass is 32.2. The lowest BCUT2D eigenvalue weighted by Crippen LogP contribution is -2.54. The number of rotatable bonds is 14. The Morgan fingerprint density at radius 3 is 2.45 bits per heavy atom. The second-order valence-electron chi connectivity index (χ2n) is 10.8. The molecule has 2 aliphatic heterocycles. The second kappa shape index (κ2) is 16.4. The maximum Gasteiger partial charge on any atom is 0.302 e. The fraction of sp³-hybridized carbons (Fsp3) is 0.643. The minimum absolute atomic E-state index is 0.171. The molecule has 0 aromatic heterocycles. The van der Waals surface area contributed by atoms with Gasteiger partial charge < -0.3 is 15.0 Å². The van der Waals surface area contributed by atoms with Crippen molar-refractivity contribution in [2.24, 2.45) is 16.1 Å². The first kappa shape index (κ1) is 33.3. The molecule has 42 heavy (non-hydrogen) atoms. The van der Waals surface area contributed by atoms with Crippen molar-refractivity contribution >= 4 is 33.7 Å². The number of ether oxygens (including phenoxy) is 1. The van der Waals surface area contributed by atoms with Crippen LogP contribution in [0.15, 0.2) is 40.6 Å². The highest BCUT2D eigenvalue weighted by molar-refractivity contribution is 7.88. The van der Waals surface area contributed by atoms with Gasteiger partial charge in [0.15, 0.2) is 0 Å². The lowest BCUT2D eigenvalue weighted by atomic mass is 9.97. The summed E-state index contributed by atoms with van der Waals surface area (Å²) in [5.74, 6) is -1.07. The van der Waals surface area contributed by atoms with Crippen molar-refractivity contribution in [1.29, 1.82) is 0 Å². The molecule has 0 bridgehead atoms. The summed E-state index contributed by atoms with van der Waals surface area (Å²) in [5, 5.41) is 10.7. The van der Waals surface area contributed by atoms with Crippen molar-refractivity contribution < 1.29 is 32.3 Å². The van der Waals surface area contributed by atoms with E-state index in [0.717, 1.165) is 37.8 Å². The average Bonchev–Trinajstić information content (AvgIpc) is 3.44. The number of benzene rings is 1. The molecule has 2 aliphatic rings. The molecular weight excluding hydrogens is 564 g/mol. The summed E-state index contributed by atoms with van der Waals surface area (Å²) in [6, 6.07) is 7.56. The molecular formula is C28H42N6O7S. The van der Waals surface area contributed by atoms with Gasteiger partial charge in [-0.25, -0.2) is 13.1 Å². The summed E-state index contributed by atoms with van der Waals surface area (Å²) in [6.45, 7) is 4.22. The van der Waals surface area contributed by atoms with Crippen LogP contribution in [0.3, 0.4) is 0 Å². The molecule has 3 rings (SSSR count). The Bertz CT molecular complexity index is 1200. The molecule has 14 heteroatoms. The standard InChI is InChI=1S/C28H42N6O7S/c1-21(35)41-17-7-11-26(36)31-30-20-33-15-12-23(13-16-33)19-29-27(37)25-10-6-14-34(25)28(38)24(32-42(2,39)40)18-22-8-4-3-5-9-22/h3-5,8-9,23-25,32H,6-7,10-20H2,1-2H3,(H,29,37)/t24-,25+/m1/s1. The maximum absolute atomic E-state index is 13.5. The van der Waals surface area contributed by atoms with Gasteiger partial charge in [0.2, 0.25) is 21.8 Å². The van der Waals surface area contributed by atoms with E-state index in [2.05, 4.69) is 25.2 Å². The minimum atomic E-state index is -3.65. The highest BCUT2D eigenvalue weighted by Crippen LogP contribution is 2.21. The van der Waals surface area contributed by atoms with Crippen LogP contribution in [0, 0.1) is 5.92 Å². The van der Waals surface area contributed by atoms with E-state index in [4.69, 9.17) is 4.74 Å². The first-order valence-corrected chi connectivity index (χ1v) is 16.3. The Kier molecular flexibility index (Phi) is 13.0. The third kappa shape index (κ3) is 11.6. The third-order valence-corrected chi connectivity index (χ3v) is 8.05. The molecule has 0 aliphatic carbocycles. The van der Waals surface area contributed by atoms with Crippen molar-refractivity contribution in [3.8, 4) is 0 Å². The number of esters is 1. The normalized spacial score (nSPS) is 19.1. The third-order valence-electron chi connectivity index (χ3n) is 7.33. The molecule has 1 aromatic carbocycles. The van der Waals surface area contributed by atoms with Gasteiger partial charge in [-0.1, -0.05) is 30.3 Å². The molecule has 1 aromatic rings. The zero-order valence-corrected chi connectivity index (χ0v) is 25.2. The number of piperidine rings is 1. The number of azo groups is 1. The monoisotopic (exact) mass is 606 g/mol. The van der Waals surface area contributed by atoms with Gasteiger partial charge in [0, 0.05) is 39.5 Å². The van der Waals surface area contributed by atoms with Gasteiger partial charge in [-0.15, -0.1) is 5.11 Å². The first-order chi connectivity index (χ1) is 20.0. The van der Waals surface area contributed by atoms with E-state index in [-0.39, 0.29) is 43.2 Å². The summed E-state index contributed by atoms with van der Waals surface area (Å²) in [5.41, 5.74) is 0.822. The number of nitrogens with one attached hydrogen (secondary N) is 2. The molecule has 0 saturated carbocycles. The largest absolute Gasteiger partial charge is 0.466 e. The van der Waals surface area contributed by atoms with Crippen LogP contribution in [0.2, 0.25) is 0 Å². The Labute approximate surface area is 247 Å². The Morgan fingerprint density at radius 1 is 1.07 bits per heavy atom. The second-order valence-corrected chi connectivity index (χ2v) is 12.6. The summed E-state index contributed by atoms with van der Waals surface area (Å²) in [6.07, 6.45) is 4.69. The predicted molar refractivity (Wildman–Crippen MR) is 155 cm³/mol. The van der Waals surface area contributed by atoms with Crippen LogP contribution in [0.5, 0.6) is 0 Å². The topological polar surface area (TPSA) is 167 Å². The predicted octanol–water partition coefficient (Wildman–Crippen LogP) is 1.25. The van der Waals surface area contributed by atoms with E-state index in [1.165, 1.54) is 11.8 Å². The fourth-order valence-electron chi connectivity index (χ4n) is 5.17. The Hall–Kier alpha value is -3.23. The molecule has 2 fully saturated rings. The van der Waals surface area contributed by atoms with Crippen molar-refractivity contribution in [2.75, 3.05) is 45.7 Å². The lowest BCUT2D eigenvalue weighted by Gasteiger charge is -2.31. The van der Waals surface area contributed by atoms with Gasteiger partial charge in [-0.05, 0) is 50.0 Å². The molecule has 3 amide bonds. The van der Waals surface area contributed by atoms with Crippen molar-refractivity contribution in [1.82, 2.24) is 19.8 Å². The number of hydrogen-bond donors (Lipinski definition) is 2. The molecule has 2 saturated heterocycles. The molecule has 2 atom stereocenters. The van der Waals surface area contributed by atoms with Crippen molar-refractivity contribution in [2.45, 2.75) is 64.0 Å². The molecule has 0 unspecified atom stereocenters. The molecule has 232 valence electrons. The van der Waals surface area contributed by atoms with Crippen LogP contribution in [0.4, 0.5) is 0 Å². The van der Waals surface area contributed by atoms with Crippen LogP contribution in [-0.2, 0) is 40.4 Å². The summed E-state index contributed by atoms with van der Waals surface area (Å²) < 4.78 is 31.3. The van der Waals surface area contributed by atoms with Crippen LogP contribution < -0.4 is 10.0 Å². The number of sulfonamides is 1. The van der Waals surface area contributed by atoms with Crippen LogP contribution in [0.25, 0.3) is 0 Å². The van der Waals surface area contributed by atoms with E-state index >= 15 is 0 Å². The SMILES string of the molecule is CC(=O)OCCCC(=O)N=NCN1CCC(CNC(=O)[C@@H]2CCCN2C(=O)[C@@H](Cc2ccccc2)NS(C)(=O)=O)CC1. The molecule has 2 N–H and O–H groups in total. The number of hydrogen-bond acceptors (Lipinski definition) is 9. The first-order valence-electron chi connectivity index (χ1n) is 14.4. The summed E-state index contributed by atoms with van der Waals surface area (Å²) >= 11 is 0. The maximum atomic E-state index is 13.5. The van der Waals surface area contributed by atoms with Crippen molar-refractivity contribution in [3.05, 3.63) is 35.9 Å². The molecule has 2 heterocycles. The van der Waals surface area contributed by atoms with Gasteiger partial charge >= 0.3 is 5.97 Å². The number of carbonyl (C=O) groups is 4. The average molecular weight is 607 g/mol.